The van der Waals surface area contributed by atoms with Gasteiger partial charge >= 0.3 is 5.69 Å². The third-order valence-corrected chi connectivity index (χ3v) is 2.27. The molecular weight excluding hydrogens is 236 g/mol. The van der Waals surface area contributed by atoms with Crippen LogP contribution < -0.4 is 4.90 Å². The predicted octanol–water partition coefficient (Wildman–Crippen LogP) is 2.42. The first-order valence-electron chi connectivity index (χ1n) is 3.64. The molecule has 0 fully saturated rings. The summed E-state index contributed by atoms with van der Waals surface area (Å²) in [6, 6.07) is 5.14. The molecule has 0 atom stereocenters. The van der Waals surface area contributed by atoms with Crippen molar-refractivity contribution < 1.29 is 4.92 Å². The zero-order chi connectivity index (χ0) is 10.0. The number of nitrogens with zero attached hydrogens (tertiary/aromatic N) is 2. The Morgan fingerprint density at radius 1 is 1.46 bits per heavy atom. The minimum Gasteiger partial charge on any atom is -0.372 e. The molecule has 70 valence electrons. The minimum atomic E-state index is -0.389. The average molecular weight is 245 g/mol. The molecule has 0 saturated carbocycles. The lowest BCUT2D eigenvalue weighted by Gasteiger charge is -2.12. The van der Waals surface area contributed by atoms with Gasteiger partial charge in [0.2, 0.25) is 0 Å². The second kappa shape index (κ2) is 3.74. The van der Waals surface area contributed by atoms with Crippen LogP contribution in [-0.4, -0.2) is 19.0 Å². The lowest BCUT2D eigenvalue weighted by Crippen LogP contribution is -2.11. The topological polar surface area (TPSA) is 46.4 Å². The van der Waals surface area contributed by atoms with E-state index in [1.807, 2.05) is 0 Å². The van der Waals surface area contributed by atoms with Gasteiger partial charge in [0, 0.05) is 14.1 Å². The lowest BCUT2D eigenvalue weighted by atomic mass is 10.2. The van der Waals surface area contributed by atoms with Crippen LogP contribution in [0.25, 0.3) is 0 Å². The first-order chi connectivity index (χ1) is 6.04. The normalized spacial score (nSPS) is 9.77. The van der Waals surface area contributed by atoms with E-state index in [4.69, 9.17) is 0 Å². The summed E-state index contributed by atoms with van der Waals surface area (Å²) in [5.41, 5.74) is 0.701. The Morgan fingerprint density at radius 2 is 2.08 bits per heavy atom. The maximum absolute atomic E-state index is 10.7. The molecule has 0 spiro atoms. The minimum absolute atomic E-state index is 0.104. The Hall–Kier alpha value is -1.10. The molecule has 0 aliphatic carbocycles. The van der Waals surface area contributed by atoms with Gasteiger partial charge < -0.3 is 4.90 Å². The number of halogens is 1. The molecule has 4 nitrogen and oxygen atoms in total. The van der Waals surface area contributed by atoms with Gasteiger partial charge in [-0.25, -0.2) is 0 Å². The molecule has 1 aromatic rings. The maximum Gasteiger partial charge on any atom is 0.306 e. The Balaban J connectivity index is 3.34. The van der Waals surface area contributed by atoms with Gasteiger partial charge in [-0.1, -0.05) is 6.07 Å². The van der Waals surface area contributed by atoms with Gasteiger partial charge in [-0.2, -0.15) is 0 Å². The van der Waals surface area contributed by atoms with Crippen molar-refractivity contribution in [2.75, 3.05) is 19.0 Å². The first kappa shape index (κ1) is 9.98. The number of nitro benzene ring substituents is 1. The molecule has 5 heteroatoms. The Morgan fingerprint density at radius 3 is 2.46 bits per heavy atom. The van der Waals surface area contributed by atoms with Crippen molar-refractivity contribution in [3.05, 3.63) is 32.8 Å². The largest absolute Gasteiger partial charge is 0.372 e. The van der Waals surface area contributed by atoms with E-state index in [0.29, 0.717) is 10.2 Å². The van der Waals surface area contributed by atoms with Crippen LogP contribution >= 0.6 is 15.9 Å². The standard InChI is InChI=1S/C8H9BrN2O2/c1-10(2)7-5-3-4-6(9)8(7)11(12)13/h3-5H,1-2H3. The zero-order valence-electron chi connectivity index (χ0n) is 7.32. The summed E-state index contributed by atoms with van der Waals surface area (Å²) in [4.78, 5) is 12.0. The molecule has 0 amide bonds. The second-order valence-electron chi connectivity index (χ2n) is 2.76. The molecule has 0 aliphatic rings. The van der Waals surface area contributed by atoms with Crippen LogP contribution in [0.15, 0.2) is 22.7 Å². The zero-order valence-corrected chi connectivity index (χ0v) is 8.91. The molecule has 0 radical (unpaired) electrons. The van der Waals surface area contributed by atoms with E-state index < -0.39 is 0 Å². The van der Waals surface area contributed by atoms with E-state index in [1.165, 1.54) is 0 Å². The number of para-hydroxylation sites is 1. The van der Waals surface area contributed by atoms with Crippen molar-refractivity contribution in [2.24, 2.45) is 0 Å². The Kier molecular flexibility index (Phi) is 2.87. The van der Waals surface area contributed by atoms with Crippen molar-refractivity contribution in [3.8, 4) is 0 Å². The van der Waals surface area contributed by atoms with Crippen molar-refractivity contribution in [1.82, 2.24) is 0 Å². The molecule has 0 bridgehead atoms. The molecular formula is C8H9BrN2O2. The summed E-state index contributed by atoms with van der Waals surface area (Å²) >= 11 is 3.15. The summed E-state index contributed by atoms with van der Waals surface area (Å²) in [7, 11) is 3.55. The van der Waals surface area contributed by atoms with Crippen LogP contribution in [0.4, 0.5) is 11.4 Å². The SMILES string of the molecule is CN(C)c1cccc(Br)c1[N+](=O)[O-]. The molecule has 13 heavy (non-hydrogen) atoms. The quantitative estimate of drug-likeness (QED) is 0.593. The van der Waals surface area contributed by atoms with E-state index in [2.05, 4.69) is 15.9 Å². The summed E-state index contributed by atoms with van der Waals surface area (Å²) in [6.45, 7) is 0. The molecule has 0 aliphatic heterocycles. The van der Waals surface area contributed by atoms with Crippen LogP contribution in [0.2, 0.25) is 0 Å². The van der Waals surface area contributed by atoms with E-state index in [0.717, 1.165) is 0 Å². The predicted molar refractivity (Wildman–Crippen MR) is 55.1 cm³/mol. The highest BCUT2D eigenvalue weighted by atomic mass is 79.9. The Labute approximate surface area is 84.4 Å². The average Bonchev–Trinajstić information content (AvgIpc) is 2.02. The van der Waals surface area contributed by atoms with Gasteiger partial charge in [-0.15, -0.1) is 0 Å². The van der Waals surface area contributed by atoms with Gasteiger partial charge in [0.15, 0.2) is 0 Å². The highest BCUT2D eigenvalue weighted by Gasteiger charge is 2.18. The molecule has 0 saturated heterocycles. The number of hydrogen-bond acceptors (Lipinski definition) is 3. The fourth-order valence-electron chi connectivity index (χ4n) is 1.05. The third-order valence-electron chi connectivity index (χ3n) is 1.63. The van der Waals surface area contributed by atoms with Crippen LogP contribution in [0.5, 0.6) is 0 Å². The van der Waals surface area contributed by atoms with Crippen LogP contribution in [0.1, 0.15) is 0 Å². The molecule has 0 aromatic heterocycles. The van der Waals surface area contributed by atoms with Crippen molar-refractivity contribution >= 4 is 27.3 Å². The fraction of sp³-hybridized carbons (Fsp3) is 0.250. The summed E-state index contributed by atoms with van der Waals surface area (Å²) in [6.07, 6.45) is 0. The Bertz CT molecular complexity index is 339. The summed E-state index contributed by atoms with van der Waals surface area (Å²) < 4.78 is 0.503. The molecule has 0 N–H and O–H groups in total. The monoisotopic (exact) mass is 244 g/mol. The number of nitro groups is 1. The lowest BCUT2D eigenvalue weighted by molar-refractivity contribution is -0.384. The van der Waals surface area contributed by atoms with Gasteiger partial charge in [0.25, 0.3) is 0 Å². The van der Waals surface area contributed by atoms with E-state index >= 15 is 0 Å². The van der Waals surface area contributed by atoms with E-state index in [-0.39, 0.29) is 10.6 Å². The second-order valence-corrected chi connectivity index (χ2v) is 3.61. The van der Waals surface area contributed by atoms with Gasteiger partial charge in [0.05, 0.1) is 9.40 Å². The van der Waals surface area contributed by atoms with E-state index in [1.54, 1.807) is 37.2 Å². The number of anilines is 1. The van der Waals surface area contributed by atoms with Crippen molar-refractivity contribution in [2.45, 2.75) is 0 Å². The molecule has 0 heterocycles. The number of hydrogen-bond donors (Lipinski definition) is 0. The molecule has 0 unspecified atom stereocenters. The number of rotatable bonds is 2. The summed E-state index contributed by atoms with van der Waals surface area (Å²) in [5, 5.41) is 10.7. The van der Waals surface area contributed by atoms with Crippen LogP contribution in [0.3, 0.4) is 0 Å². The smallest absolute Gasteiger partial charge is 0.306 e. The van der Waals surface area contributed by atoms with E-state index in [9.17, 15) is 10.1 Å². The maximum atomic E-state index is 10.7. The van der Waals surface area contributed by atoms with Gasteiger partial charge in [-0.3, -0.25) is 10.1 Å². The van der Waals surface area contributed by atoms with Gasteiger partial charge in [-0.05, 0) is 28.1 Å². The fourth-order valence-corrected chi connectivity index (χ4v) is 1.55. The third kappa shape index (κ3) is 1.98. The van der Waals surface area contributed by atoms with Crippen molar-refractivity contribution in [3.63, 3.8) is 0 Å². The van der Waals surface area contributed by atoms with Crippen LogP contribution in [0, 0.1) is 10.1 Å². The molecule has 1 aromatic carbocycles. The highest BCUT2D eigenvalue weighted by molar-refractivity contribution is 9.10. The van der Waals surface area contributed by atoms with Crippen molar-refractivity contribution in [1.29, 1.82) is 0 Å². The summed E-state index contributed by atoms with van der Waals surface area (Å²) in [5.74, 6) is 0. The number of benzene rings is 1. The highest BCUT2D eigenvalue weighted by Crippen LogP contribution is 2.33. The first-order valence-corrected chi connectivity index (χ1v) is 4.43. The molecule has 1 rings (SSSR count). The van der Waals surface area contributed by atoms with Crippen LogP contribution in [-0.2, 0) is 0 Å². The van der Waals surface area contributed by atoms with Gasteiger partial charge in [0.1, 0.15) is 5.69 Å².